The average Bonchev–Trinajstić information content (AvgIpc) is 3.23. The van der Waals surface area contributed by atoms with E-state index in [2.05, 4.69) is 113 Å². The second kappa shape index (κ2) is 19.0. The van der Waals surface area contributed by atoms with Gasteiger partial charge in [-0.2, -0.15) is 0 Å². The molecule has 0 unspecified atom stereocenters. The van der Waals surface area contributed by atoms with Crippen LogP contribution in [0.15, 0.2) is 113 Å². The first-order valence-corrected chi connectivity index (χ1v) is 21.3. The minimum absolute atomic E-state index is 0.700. The molecule has 0 aliphatic heterocycles. The summed E-state index contributed by atoms with van der Waals surface area (Å²) < 4.78 is 2.25. The van der Waals surface area contributed by atoms with E-state index in [0.717, 1.165) is 117 Å². The number of hydrogen-bond acceptors (Lipinski definition) is 9. The normalized spacial score (nSPS) is 13.3. The molecule has 0 atom stereocenters. The summed E-state index contributed by atoms with van der Waals surface area (Å²) in [5.74, 6) is 0. The zero-order valence-electron chi connectivity index (χ0n) is 36.1. The van der Waals surface area contributed by atoms with Gasteiger partial charge < -0.3 is 38.1 Å². The van der Waals surface area contributed by atoms with Crippen molar-refractivity contribution < 1.29 is 4.57 Å². The zero-order valence-corrected chi connectivity index (χ0v) is 36.1. The van der Waals surface area contributed by atoms with Crippen molar-refractivity contribution in [2.75, 3.05) is 59.9 Å². The lowest BCUT2D eigenvalue weighted by atomic mass is 10.0. The molecule has 7 rings (SSSR count). The van der Waals surface area contributed by atoms with Crippen LogP contribution in [-0.2, 0) is 0 Å². The van der Waals surface area contributed by atoms with Crippen molar-refractivity contribution in [3.63, 3.8) is 0 Å². The van der Waals surface area contributed by atoms with Gasteiger partial charge in [0.15, 0.2) is 0 Å². The smallest absolute Gasteiger partial charge is 0.239 e. The summed E-state index contributed by atoms with van der Waals surface area (Å²) >= 11 is 0. The van der Waals surface area contributed by atoms with Crippen LogP contribution in [0.1, 0.15) is 68.6 Å². The fraction of sp³-hybridized carbons (Fsp3) is 0.300. The molecule has 1 heterocycles. The fourth-order valence-electron chi connectivity index (χ4n) is 8.08. The third-order valence-corrected chi connectivity index (χ3v) is 11.5. The summed E-state index contributed by atoms with van der Waals surface area (Å²) in [6.07, 6.45) is 12.4. The maximum absolute atomic E-state index is 6.58. The number of aliphatic imine (C=N–C) groups is 1. The number of unbranched alkanes of at least 4 members (excludes halogenated alkanes) is 5. The van der Waals surface area contributed by atoms with E-state index in [1.54, 1.807) is 0 Å². The number of nitrogen functional groups attached to an aromatic ring is 2. The molecule has 1 aromatic heterocycles. The zero-order chi connectivity index (χ0) is 42.2. The molecule has 5 aromatic carbocycles. The van der Waals surface area contributed by atoms with Crippen LogP contribution in [-0.4, -0.2) is 37.9 Å². The van der Waals surface area contributed by atoms with Crippen molar-refractivity contribution in [2.24, 2.45) is 4.99 Å². The summed E-state index contributed by atoms with van der Waals surface area (Å²) in [6, 6.07) is 28.9. The fourth-order valence-corrected chi connectivity index (χ4v) is 8.08. The Bertz CT molecular complexity index is 2600. The summed E-state index contributed by atoms with van der Waals surface area (Å²) in [7, 11) is 3.89. The minimum atomic E-state index is 0.700. The van der Waals surface area contributed by atoms with Crippen molar-refractivity contribution in [3.8, 4) is 5.69 Å². The molecular formula is C50H61N10+. The lowest BCUT2D eigenvalue weighted by Gasteiger charge is -2.18. The number of aryl methyl sites for hydroxylation is 3. The quantitative estimate of drug-likeness (QED) is 0.0209. The van der Waals surface area contributed by atoms with E-state index in [4.69, 9.17) is 21.4 Å². The topological polar surface area (TPSA) is 141 Å². The van der Waals surface area contributed by atoms with Crippen LogP contribution in [0.3, 0.4) is 0 Å². The van der Waals surface area contributed by atoms with Gasteiger partial charge in [-0.15, -0.1) is 4.57 Å². The Morgan fingerprint density at radius 1 is 0.617 bits per heavy atom. The largest absolute Gasteiger partial charge is 0.397 e. The second-order valence-electron chi connectivity index (χ2n) is 15.9. The van der Waals surface area contributed by atoms with E-state index in [-0.39, 0.29) is 0 Å². The van der Waals surface area contributed by atoms with Gasteiger partial charge in [0.05, 0.1) is 22.7 Å². The van der Waals surface area contributed by atoms with Crippen molar-refractivity contribution in [3.05, 3.63) is 125 Å². The van der Waals surface area contributed by atoms with Gasteiger partial charge in [-0.3, -0.25) is 4.99 Å². The van der Waals surface area contributed by atoms with Gasteiger partial charge in [-0.1, -0.05) is 56.0 Å². The molecule has 0 saturated carbocycles. The number of allylic oxidation sites excluding steroid dienone is 3. The summed E-state index contributed by atoms with van der Waals surface area (Å²) in [5, 5.41) is 17.6. The lowest BCUT2D eigenvalue weighted by molar-refractivity contribution is -0.537. The maximum Gasteiger partial charge on any atom is 0.239 e. The number of para-hydroxylation sites is 4. The monoisotopic (exact) mass is 802 g/mol. The Kier molecular flexibility index (Phi) is 13.2. The van der Waals surface area contributed by atoms with Gasteiger partial charge in [-0.25, -0.2) is 4.98 Å². The Morgan fingerprint density at radius 2 is 1.20 bits per heavy atom. The Labute approximate surface area is 355 Å². The van der Waals surface area contributed by atoms with Crippen molar-refractivity contribution in [1.29, 1.82) is 0 Å². The molecule has 9 N–H and O–H groups in total. The highest BCUT2D eigenvalue weighted by Gasteiger charge is 2.24. The summed E-state index contributed by atoms with van der Waals surface area (Å²) in [6.45, 7) is 10.4. The SMILES string of the molecule is CNc1cc(Nc2ccccc2N)c(N=C2C=C(C)C(NCCCCCCCCNc3cc4c(cc3C)nc3cc(C)c(NC)cc3[n+]4-c3ccccc3N)=CC2)cc1C. The molecule has 6 aromatic rings. The standard InChI is InChI=1S/C50H60N10/c1-32-25-36(57-44-26-33(2)41(53-5)29-45(44)58-40-19-13-11-17-37(40)51)21-22-39(32)55-23-15-9-7-8-10-16-24-56-43-31-50-47(28-35(43)4)59-46-27-34(3)42(54-6)30-49(46)60(50)48-20-14-12-18-38(48)52/h11-14,17-20,22,25-31,53,55H,7-10,15-16,21,23-24,52H2,1-6H3,(H4,51,54,56,58,59)/p+1. The molecule has 310 valence electrons. The lowest BCUT2D eigenvalue weighted by Crippen LogP contribution is -2.34. The van der Waals surface area contributed by atoms with Gasteiger partial charge >= 0.3 is 0 Å². The van der Waals surface area contributed by atoms with E-state index in [9.17, 15) is 0 Å². The molecule has 1 aliphatic rings. The molecule has 0 fully saturated rings. The van der Waals surface area contributed by atoms with E-state index >= 15 is 0 Å². The third kappa shape index (κ3) is 9.49. The highest BCUT2D eigenvalue weighted by Crippen LogP contribution is 2.36. The number of rotatable bonds is 17. The van der Waals surface area contributed by atoms with Gasteiger partial charge in [0.1, 0.15) is 16.7 Å². The van der Waals surface area contributed by atoms with Crippen molar-refractivity contribution in [2.45, 2.75) is 72.6 Å². The molecule has 10 nitrogen and oxygen atoms in total. The summed E-state index contributed by atoms with van der Waals surface area (Å²) in [4.78, 5) is 10.2. The minimum Gasteiger partial charge on any atom is -0.397 e. The molecule has 0 spiro atoms. The van der Waals surface area contributed by atoms with Crippen molar-refractivity contribution >= 4 is 73.3 Å². The highest BCUT2D eigenvalue weighted by molar-refractivity contribution is 6.01. The van der Waals surface area contributed by atoms with Gasteiger partial charge in [-0.05, 0) is 111 Å². The van der Waals surface area contributed by atoms with Crippen LogP contribution < -0.4 is 42.6 Å². The number of aromatic nitrogens is 2. The Hall–Kier alpha value is -6.55. The first-order chi connectivity index (χ1) is 29.1. The van der Waals surface area contributed by atoms with Gasteiger partial charge in [0.2, 0.25) is 16.7 Å². The van der Waals surface area contributed by atoms with Crippen LogP contribution in [0.2, 0.25) is 0 Å². The number of fused-ring (bicyclic) bond motifs is 2. The molecule has 10 heteroatoms. The molecule has 0 amide bonds. The molecule has 60 heavy (non-hydrogen) atoms. The Morgan fingerprint density at radius 3 is 1.87 bits per heavy atom. The number of hydrogen-bond donors (Lipinski definition) is 7. The third-order valence-electron chi connectivity index (χ3n) is 11.5. The number of benzene rings is 5. The van der Waals surface area contributed by atoms with E-state index in [1.807, 2.05) is 56.6 Å². The first-order valence-electron chi connectivity index (χ1n) is 21.3. The van der Waals surface area contributed by atoms with Crippen LogP contribution in [0, 0.1) is 20.8 Å². The molecule has 0 radical (unpaired) electrons. The number of nitrogens with two attached hydrogens (primary N) is 2. The Balaban J connectivity index is 0.884. The van der Waals surface area contributed by atoms with Crippen LogP contribution in [0.25, 0.3) is 27.8 Å². The van der Waals surface area contributed by atoms with Gasteiger partial charge in [0.25, 0.3) is 0 Å². The highest BCUT2D eigenvalue weighted by atomic mass is 15.0. The van der Waals surface area contributed by atoms with E-state index in [1.165, 1.54) is 42.5 Å². The van der Waals surface area contributed by atoms with Crippen LogP contribution in [0.4, 0.5) is 45.5 Å². The van der Waals surface area contributed by atoms with Crippen molar-refractivity contribution in [1.82, 2.24) is 10.3 Å². The van der Waals surface area contributed by atoms with Gasteiger partial charge in [0, 0.05) is 80.3 Å². The predicted octanol–water partition coefficient (Wildman–Crippen LogP) is 10.9. The van der Waals surface area contributed by atoms with Crippen LogP contribution >= 0.6 is 0 Å². The molecular weight excluding hydrogens is 741 g/mol. The van der Waals surface area contributed by atoms with E-state index in [0.29, 0.717) is 5.69 Å². The number of nitrogens with zero attached hydrogens (tertiary/aromatic N) is 3. The predicted molar refractivity (Wildman–Crippen MR) is 257 cm³/mol. The number of nitrogens with one attached hydrogen (secondary N) is 5. The number of anilines is 7. The molecule has 1 aliphatic carbocycles. The van der Waals surface area contributed by atoms with E-state index < -0.39 is 0 Å². The maximum atomic E-state index is 6.58. The average molecular weight is 802 g/mol. The first kappa shape index (κ1) is 41.6. The molecule has 0 saturated heterocycles. The second-order valence-corrected chi connectivity index (χ2v) is 15.9. The summed E-state index contributed by atoms with van der Waals surface area (Å²) in [5.41, 5.74) is 32.0. The molecule has 0 bridgehead atoms. The van der Waals surface area contributed by atoms with Crippen LogP contribution in [0.5, 0.6) is 0 Å².